The van der Waals surface area contributed by atoms with Gasteiger partial charge in [0.2, 0.25) is 0 Å². The Bertz CT molecular complexity index is 419. The van der Waals surface area contributed by atoms with Crippen LogP contribution in [0.2, 0.25) is 5.02 Å². The summed E-state index contributed by atoms with van der Waals surface area (Å²) in [4.78, 5) is 6.65. The molecule has 0 heterocycles. The highest BCUT2D eigenvalue weighted by Crippen LogP contribution is 2.08. The van der Waals surface area contributed by atoms with Gasteiger partial charge in [0, 0.05) is 25.2 Å². The topological polar surface area (TPSA) is 39.7 Å². The summed E-state index contributed by atoms with van der Waals surface area (Å²) in [6.45, 7) is 9.41. The first-order valence-electron chi connectivity index (χ1n) is 7.60. The van der Waals surface area contributed by atoms with Crippen molar-refractivity contribution in [1.29, 1.82) is 0 Å². The van der Waals surface area contributed by atoms with Gasteiger partial charge in [-0.3, -0.25) is 4.99 Å². The molecule has 0 spiro atoms. The normalized spacial score (nSPS) is 11.2. The fraction of sp³-hybridized carbons (Fsp3) is 0.562. The van der Waals surface area contributed by atoms with Gasteiger partial charge in [-0.2, -0.15) is 0 Å². The Balaban J connectivity index is 0.00000441. The van der Waals surface area contributed by atoms with Gasteiger partial charge in [0.15, 0.2) is 5.96 Å². The first-order valence-corrected chi connectivity index (χ1v) is 7.98. The molecule has 0 saturated carbocycles. The van der Waals surface area contributed by atoms with E-state index in [0.29, 0.717) is 0 Å². The third kappa shape index (κ3) is 8.80. The molecule has 0 fully saturated rings. The lowest BCUT2D eigenvalue weighted by molar-refractivity contribution is 0.300. The van der Waals surface area contributed by atoms with E-state index in [-0.39, 0.29) is 24.0 Å². The zero-order valence-corrected chi connectivity index (χ0v) is 16.8. The minimum Gasteiger partial charge on any atom is -0.356 e. The Labute approximate surface area is 156 Å². The number of aliphatic imine (C=N–C) groups is 1. The number of halogens is 2. The molecular formula is C16H28ClIN4. The number of rotatable bonds is 8. The molecule has 4 nitrogen and oxygen atoms in total. The van der Waals surface area contributed by atoms with Crippen LogP contribution in [0.3, 0.4) is 0 Å². The first-order chi connectivity index (χ1) is 10.2. The van der Waals surface area contributed by atoms with Crippen molar-refractivity contribution in [3.05, 3.63) is 34.9 Å². The molecule has 2 N–H and O–H groups in total. The highest BCUT2D eigenvalue weighted by Gasteiger charge is 2.00. The Morgan fingerprint density at radius 2 is 1.77 bits per heavy atom. The van der Waals surface area contributed by atoms with Gasteiger partial charge < -0.3 is 15.5 Å². The van der Waals surface area contributed by atoms with Crippen molar-refractivity contribution < 1.29 is 0 Å². The minimum atomic E-state index is 0. The summed E-state index contributed by atoms with van der Waals surface area (Å²) in [5.74, 6) is 0.837. The Kier molecular flexibility index (Phi) is 12.6. The Morgan fingerprint density at radius 1 is 1.14 bits per heavy atom. The summed E-state index contributed by atoms with van der Waals surface area (Å²) >= 11 is 5.88. The molecular weight excluding hydrogens is 411 g/mol. The predicted molar refractivity (Wildman–Crippen MR) is 107 cm³/mol. The molecule has 0 aromatic heterocycles. The smallest absolute Gasteiger partial charge is 0.191 e. The van der Waals surface area contributed by atoms with E-state index in [1.54, 1.807) is 7.05 Å². The van der Waals surface area contributed by atoms with Crippen LogP contribution in [0.5, 0.6) is 0 Å². The zero-order chi connectivity index (χ0) is 15.5. The van der Waals surface area contributed by atoms with Crippen molar-refractivity contribution in [3.8, 4) is 0 Å². The third-order valence-corrected chi connectivity index (χ3v) is 3.69. The summed E-state index contributed by atoms with van der Waals surface area (Å²) in [5.41, 5.74) is 1.19. The van der Waals surface area contributed by atoms with Gasteiger partial charge in [0.25, 0.3) is 0 Å². The number of guanidine groups is 1. The van der Waals surface area contributed by atoms with Crippen molar-refractivity contribution >= 4 is 41.5 Å². The summed E-state index contributed by atoms with van der Waals surface area (Å²) in [7, 11) is 1.79. The summed E-state index contributed by atoms with van der Waals surface area (Å²) < 4.78 is 0. The first kappa shape index (κ1) is 21.5. The number of benzene rings is 1. The zero-order valence-electron chi connectivity index (χ0n) is 13.7. The summed E-state index contributed by atoms with van der Waals surface area (Å²) in [6.07, 6.45) is 1.11. The van der Waals surface area contributed by atoms with Gasteiger partial charge in [0.05, 0.1) is 0 Å². The molecule has 1 rings (SSSR count). The van der Waals surface area contributed by atoms with E-state index in [1.165, 1.54) is 5.56 Å². The van der Waals surface area contributed by atoms with Crippen LogP contribution in [0, 0.1) is 0 Å². The van der Waals surface area contributed by atoms with Crippen LogP contribution in [0.4, 0.5) is 0 Å². The van der Waals surface area contributed by atoms with Crippen LogP contribution in [0.15, 0.2) is 29.3 Å². The second-order valence-electron chi connectivity index (χ2n) is 4.86. The summed E-state index contributed by atoms with van der Waals surface area (Å²) in [6, 6.07) is 7.84. The van der Waals surface area contributed by atoms with Crippen molar-refractivity contribution in [2.45, 2.75) is 26.8 Å². The lowest BCUT2D eigenvalue weighted by atomic mass is 10.2. The van der Waals surface area contributed by atoms with E-state index in [4.69, 9.17) is 11.6 Å². The summed E-state index contributed by atoms with van der Waals surface area (Å²) in [5, 5.41) is 7.41. The Hall–Kier alpha value is -0.530. The van der Waals surface area contributed by atoms with E-state index in [9.17, 15) is 0 Å². The van der Waals surface area contributed by atoms with Gasteiger partial charge in [-0.15, -0.1) is 24.0 Å². The van der Waals surface area contributed by atoms with E-state index in [0.717, 1.165) is 50.1 Å². The van der Waals surface area contributed by atoms with Crippen molar-refractivity contribution in [2.75, 3.05) is 33.2 Å². The van der Waals surface area contributed by atoms with Crippen LogP contribution in [0.25, 0.3) is 0 Å². The third-order valence-electron chi connectivity index (χ3n) is 3.43. The number of nitrogens with one attached hydrogen (secondary N) is 2. The monoisotopic (exact) mass is 438 g/mol. The standard InChI is InChI=1S/C16H27ClN4.HI/c1-4-21(5-2)12-6-11-19-16(18-3)20-13-14-7-9-15(17)10-8-14;/h7-10H,4-6,11-13H2,1-3H3,(H2,18,19,20);1H. The minimum absolute atomic E-state index is 0. The molecule has 1 aromatic rings. The molecule has 0 aliphatic rings. The highest BCUT2D eigenvalue weighted by molar-refractivity contribution is 14.0. The van der Waals surface area contributed by atoms with Crippen LogP contribution in [0.1, 0.15) is 25.8 Å². The van der Waals surface area contributed by atoms with E-state index in [2.05, 4.69) is 34.4 Å². The Morgan fingerprint density at radius 3 is 2.32 bits per heavy atom. The molecule has 0 amide bonds. The van der Waals surface area contributed by atoms with Crippen molar-refractivity contribution in [1.82, 2.24) is 15.5 Å². The molecule has 1 aromatic carbocycles. The van der Waals surface area contributed by atoms with Gasteiger partial charge in [-0.1, -0.05) is 37.6 Å². The molecule has 0 atom stereocenters. The highest BCUT2D eigenvalue weighted by atomic mass is 127. The van der Waals surface area contributed by atoms with Crippen molar-refractivity contribution in [2.24, 2.45) is 4.99 Å². The average Bonchev–Trinajstić information content (AvgIpc) is 2.52. The van der Waals surface area contributed by atoms with Gasteiger partial charge in [-0.05, 0) is 43.8 Å². The van der Waals surface area contributed by atoms with Gasteiger partial charge in [-0.25, -0.2) is 0 Å². The largest absolute Gasteiger partial charge is 0.356 e. The maximum atomic E-state index is 5.88. The number of nitrogens with zero attached hydrogens (tertiary/aromatic N) is 2. The SMILES string of the molecule is CCN(CC)CCCNC(=NC)NCc1ccc(Cl)cc1.I. The average molecular weight is 439 g/mol. The molecule has 0 aliphatic carbocycles. The number of hydrogen-bond acceptors (Lipinski definition) is 2. The lowest BCUT2D eigenvalue weighted by Gasteiger charge is -2.18. The second-order valence-corrected chi connectivity index (χ2v) is 5.30. The van der Waals surface area contributed by atoms with E-state index >= 15 is 0 Å². The molecule has 0 saturated heterocycles. The molecule has 0 radical (unpaired) electrons. The predicted octanol–water partition coefficient (Wildman–Crippen LogP) is 3.35. The maximum absolute atomic E-state index is 5.88. The molecule has 126 valence electrons. The molecule has 0 aliphatic heterocycles. The quantitative estimate of drug-likeness (QED) is 0.283. The molecule has 22 heavy (non-hydrogen) atoms. The van der Waals surface area contributed by atoms with Crippen LogP contribution in [-0.2, 0) is 6.54 Å². The van der Waals surface area contributed by atoms with Crippen LogP contribution >= 0.6 is 35.6 Å². The fourth-order valence-electron chi connectivity index (χ4n) is 2.06. The van der Waals surface area contributed by atoms with E-state index < -0.39 is 0 Å². The van der Waals surface area contributed by atoms with Crippen LogP contribution < -0.4 is 10.6 Å². The van der Waals surface area contributed by atoms with Gasteiger partial charge >= 0.3 is 0 Å². The van der Waals surface area contributed by atoms with E-state index in [1.807, 2.05) is 24.3 Å². The lowest BCUT2D eigenvalue weighted by Crippen LogP contribution is -2.38. The fourth-order valence-corrected chi connectivity index (χ4v) is 2.18. The van der Waals surface area contributed by atoms with Crippen molar-refractivity contribution in [3.63, 3.8) is 0 Å². The molecule has 0 unspecified atom stereocenters. The van der Waals surface area contributed by atoms with Gasteiger partial charge in [0.1, 0.15) is 0 Å². The van der Waals surface area contributed by atoms with Crippen LogP contribution in [-0.4, -0.2) is 44.1 Å². The number of hydrogen-bond donors (Lipinski definition) is 2. The maximum Gasteiger partial charge on any atom is 0.191 e. The molecule has 6 heteroatoms. The second kappa shape index (κ2) is 13.0. The molecule has 0 bridgehead atoms.